The summed E-state index contributed by atoms with van der Waals surface area (Å²) in [7, 11) is 0. The van der Waals surface area contributed by atoms with Gasteiger partial charge in [-0.3, -0.25) is 9.97 Å². The summed E-state index contributed by atoms with van der Waals surface area (Å²) in [5, 5.41) is 3.29. The molecule has 0 radical (unpaired) electrons. The van der Waals surface area contributed by atoms with Gasteiger partial charge in [-0.05, 0) is 36.8 Å². The molecular formula is C20H17N7. The minimum absolute atomic E-state index is 0.475. The summed E-state index contributed by atoms with van der Waals surface area (Å²) in [4.78, 5) is 26.1. The van der Waals surface area contributed by atoms with Gasteiger partial charge in [-0.15, -0.1) is 0 Å². The number of hydrogen-bond acceptors (Lipinski definition) is 7. The van der Waals surface area contributed by atoms with E-state index >= 15 is 0 Å². The lowest BCUT2D eigenvalue weighted by atomic mass is 10.1. The topological polar surface area (TPSA) is 89.4 Å². The number of aryl methyl sites for hydroxylation is 1. The van der Waals surface area contributed by atoms with Crippen LogP contribution in [0.1, 0.15) is 11.4 Å². The maximum atomic E-state index is 4.70. The Kier molecular flexibility index (Phi) is 4.74. The van der Waals surface area contributed by atoms with E-state index in [2.05, 4.69) is 30.2 Å². The van der Waals surface area contributed by atoms with E-state index in [1.165, 1.54) is 0 Å². The maximum Gasteiger partial charge on any atom is 0.162 e. The summed E-state index contributed by atoms with van der Waals surface area (Å²) in [5.74, 6) is 2.03. The van der Waals surface area contributed by atoms with E-state index in [1.54, 1.807) is 37.2 Å². The van der Waals surface area contributed by atoms with Crippen molar-refractivity contribution in [3.05, 3.63) is 78.9 Å². The van der Waals surface area contributed by atoms with Gasteiger partial charge in [0.15, 0.2) is 5.82 Å². The third-order valence-corrected chi connectivity index (χ3v) is 3.90. The number of pyridine rings is 2. The largest absolute Gasteiger partial charge is 0.363 e. The molecule has 7 heteroatoms. The SMILES string of the molecule is Cc1cnc(CNc2cc(-c3ccncc3)nc(-c3ccncc3)n2)nc1. The maximum absolute atomic E-state index is 4.70. The minimum Gasteiger partial charge on any atom is -0.363 e. The highest BCUT2D eigenvalue weighted by atomic mass is 15.1. The predicted molar refractivity (Wildman–Crippen MR) is 103 cm³/mol. The molecule has 0 saturated carbocycles. The summed E-state index contributed by atoms with van der Waals surface area (Å²) in [6.07, 6.45) is 10.5. The zero-order valence-electron chi connectivity index (χ0n) is 14.7. The van der Waals surface area contributed by atoms with Crippen LogP contribution in [0.5, 0.6) is 0 Å². The van der Waals surface area contributed by atoms with Gasteiger partial charge in [-0.1, -0.05) is 0 Å². The summed E-state index contributed by atoms with van der Waals surface area (Å²) in [5.41, 5.74) is 3.71. The first kappa shape index (κ1) is 16.7. The second-order valence-corrected chi connectivity index (χ2v) is 5.96. The van der Waals surface area contributed by atoms with E-state index < -0.39 is 0 Å². The first-order chi connectivity index (χ1) is 13.3. The number of rotatable bonds is 5. The van der Waals surface area contributed by atoms with Gasteiger partial charge in [0.1, 0.15) is 11.6 Å². The van der Waals surface area contributed by atoms with Crippen LogP contribution in [0.3, 0.4) is 0 Å². The molecule has 4 aromatic rings. The Labute approximate surface area is 156 Å². The van der Waals surface area contributed by atoms with Gasteiger partial charge < -0.3 is 5.32 Å². The Morgan fingerprint density at radius 3 is 2.11 bits per heavy atom. The number of nitrogens with zero attached hydrogens (tertiary/aromatic N) is 6. The second kappa shape index (κ2) is 7.65. The molecule has 0 amide bonds. The van der Waals surface area contributed by atoms with E-state index in [4.69, 9.17) is 4.98 Å². The summed E-state index contributed by atoms with van der Waals surface area (Å²) >= 11 is 0. The van der Waals surface area contributed by atoms with Crippen molar-refractivity contribution in [2.45, 2.75) is 13.5 Å². The molecule has 0 saturated heterocycles. The van der Waals surface area contributed by atoms with Crippen LogP contribution in [0.2, 0.25) is 0 Å². The molecule has 132 valence electrons. The van der Waals surface area contributed by atoms with E-state index in [1.807, 2.05) is 37.3 Å². The standard InChI is InChI=1S/C20H17N7/c1-14-11-23-19(24-12-14)13-25-18-10-17(15-2-6-21-7-3-15)26-20(27-18)16-4-8-22-9-5-16/h2-12H,13H2,1H3,(H,25,26,27). The van der Waals surface area contributed by atoms with Crippen molar-refractivity contribution < 1.29 is 0 Å². The highest BCUT2D eigenvalue weighted by Gasteiger charge is 2.09. The van der Waals surface area contributed by atoms with E-state index in [0.717, 1.165) is 22.4 Å². The normalized spacial score (nSPS) is 10.6. The summed E-state index contributed by atoms with van der Waals surface area (Å²) in [6, 6.07) is 9.53. The van der Waals surface area contributed by atoms with Gasteiger partial charge in [-0.2, -0.15) is 0 Å². The van der Waals surface area contributed by atoms with Crippen molar-refractivity contribution in [1.29, 1.82) is 0 Å². The predicted octanol–water partition coefficient (Wildman–Crippen LogP) is 3.31. The first-order valence-corrected chi connectivity index (χ1v) is 8.49. The smallest absolute Gasteiger partial charge is 0.162 e. The van der Waals surface area contributed by atoms with Crippen LogP contribution in [0.15, 0.2) is 67.5 Å². The molecule has 0 atom stereocenters. The highest BCUT2D eigenvalue weighted by molar-refractivity contribution is 5.67. The molecule has 0 unspecified atom stereocenters. The van der Waals surface area contributed by atoms with Crippen LogP contribution >= 0.6 is 0 Å². The zero-order valence-corrected chi connectivity index (χ0v) is 14.7. The fraction of sp³-hybridized carbons (Fsp3) is 0.100. The Hall–Kier alpha value is -3.74. The minimum atomic E-state index is 0.475. The van der Waals surface area contributed by atoms with Gasteiger partial charge >= 0.3 is 0 Å². The number of aromatic nitrogens is 6. The molecule has 0 bridgehead atoms. The number of anilines is 1. The van der Waals surface area contributed by atoms with Crippen LogP contribution < -0.4 is 5.32 Å². The Morgan fingerprint density at radius 1 is 0.815 bits per heavy atom. The molecular weight excluding hydrogens is 338 g/mol. The third-order valence-electron chi connectivity index (χ3n) is 3.90. The number of hydrogen-bond donors (Lipinski definition) is 1. The molecule has 1 N–H and O–H groups in total. The fourth-order valence-corrected chi connectivity index (χ4v) is 2.52. The Bertz CT molecular complexity index is 961. The lowest BCUT2D eigenvalue weighted by molar-refractivity contribution is 0.929. The van der Waals surface area contributed by atoms with Crippen LogP contribution in [0.25, 0.3) is 22.6 Å². The van der Waals surface area contributed by atoms with E-state index in [0.29, 0.717) is 24.0 Å². The van der Waals surface area contributed by atoms with Gasteiger partial charge in [0.2, 0.25) is 0 Å². The molecule has 0 fully saturated rings. The van der Waals surface area contributed by atoms with E-state index in [9.17, 15) is 0 Å². The molecule has 4 heterocycles. The number of nitrogens with one attached hydrogen (secondary N) is 1. The highest BCUT2D eigenvalue weighted by Crippen LogP contribution is 2.23. The average molecular weight is 355 g/mol. The van der Waals surface area contributed by atoms with Crippen LogP contribution in [0.4, 0.5) is 5.82 Å². The van der Waals surface area contributed by atoms with Crippen molar-refractivity contribution in [3.8, 4) is 22.6 Å². The van der Waals surface area contributed by atoms with Crippen LogP contribution in [-0.4, -0.2) is 29.9 Å². The quantitative estimate of drug-likeness (QED) is 0.587. The second-order valence-electron chi connectivity index (χ2n) is 5.96. The molecule has 0 aliphatic rings. The lowest BCUT2D eigenvalue weighted by Gasteiger charge is -2.10. The van der Waals surface area contributed by atoms with Gasteiger partial charge in [-0.25, -0.2) is 19.9 Å². The van der Waals surface area contributed by atoms with Crippen molar-refractivity contribution in [1.82, 2.24) is 29.9 Å². The third kappa shape index (κ3) is 4.09. The fourth-order valence-electron chi connectivity index (χ4n) is 2.52. The molecule has 4 rings (SSSR count). The van der Waals surface area contributed by atoms with Crippen LogP contribution in [0, 0.1) is 6.92 Å². The molecule has 7 nitrogen and oxygen atoms in total. The average Bonchev–Trinajstić information content (AvgIpc) is 2.74. The first-order valence-electron chi connectivity index (χ1n) is 8.49. The summed E-state index contributed by atoms with van der Waals surface area (Å²) < 4.78 is 0. The molecule has 0 aromatic carbocycles. The van der Waals surface area contributed by atoms with Gasteiger partial charge in [0.25, 0.3) is 0 Å². The van der Waals surface area contributed by atoms with Gasteiger partial charge in [0, 0.05) is 54.4 Å². The molecule has 27 heavy (non-hydrogen) atoms. The van der Waals surface area contributed by atoms with Crippen molar-refractivity contribution >= 4 is 5.82 Å². The van der Waals surface area contributed by atoms with Crippen LogP contribution in [-0.2, 0) is 6.54 Å². The molecule has 0 aliphatic heterocycles. The van der Waals surface area contributed by atoms with Crippen molar-refractivity contribution in [3.63, 3.8) is 0 Å². The monoisotopic (exact) mass is 355 g/mol. The van der Waals surface area contributed by atoms with Crippen molar-refractivity contribution in [2.24, 2.45) is 0 Å². The van der Waals surface area contributed by atoms with Gasteiger partial charge in [0.05, 0.1) is 12.2 Å². The molecule has 0 spiro atoms. The Morgan fingerprint density at radius 2 is 1.44 bits per heavy atom. The molecule has 0 aliphatic carbocycles. The summed E-state index contributed by atoms with van der Waals surface area (Å²) in [6.45, 7) is 2.44. The van der Waals surface area contributed by atoms with Crippen molar-refractivity contribution in [2.75, 3.05) is 5.32 Å². The van der Waals surface area contributed by atoms with E-state index in [-0.39, 0.29) is 0 Å². The molecule has 4 aromatic heterocycles. The lowest BCUT2D eigenvalue weighted by Crippen LogP contribution is -2.07. The zero-order chi connectivity index (χ0) is 18.5. The Balaban J connectivity index is 1.68.